The van der Waals surface area contributed by atoms with Crippen LogP contribution in [0.5, 0.6) is 0 Å². The SMILES string of the molecule is Cc1nc2n(CC(O)c3ccc(C#N)cc3)cccc-2c1C. The number of hydrogen-bond acceptors (Lipinski definition) is 3. The molecule has 0 spiro atoms. The van der Waals surface area contributed by atoms with Gasteiger partial charge in [0.25, 0.3) is 0 Å². The Morgan fingerprint density at radius 1 is 1.23 bits per heavy atom. The van der Waals surface area contributed by atoms with Gasteiger partial charge in [0.05, 0.1) is 24.3 Å². The van der Waals surface area contributed by atoms with E-state index in [1.165, 1.54) is 5.56 Å². The van der Waals surface area contributed by atoms with Crippen molar-refractivity contribution in [2.75, 3.05) is 0 Å². The van der Waals surface area contributed by atoms with Gasteiger partial charge in [0.15, 0.2) is 0 Å². The summed E-state index contributed by atoms with van der Waals surface area (Å²) in [7, 11) is 0. The molecule has 0 fully saturated rings. The molecule has 2 aliphatic rings. The standard InChI is InChI=1S/C18H17N3O/c1-12-13(2)20-18-16(12)4-3-9-21(18)11-17(22)15-7-5-14(10-19)6-8-15/h3-9,17,22H,11H2,1-2H3. The van der Waals surface area contributed by atoms with Crippen molar-refractivity contribution in [3.8, 4) is 17.5 Å². The Morgan fingerprint density at radius 3 is 2.64 bits per heavy atom. The first kappa shape index (κ1) is 14.3. The number of rotatable bonds is 3. The first-order chi connectivity index (χ1) is 10.6. The molecule has 2 heterocycles. The van der Waals surface area contributed by atoms with E-state index in [9.17, 15) is 5.11 Å². The number of benzene rings is 1. The summed E-state index contributed by atoms with van der Waals surface area (Å²) in [5.74, 6) is 0.894. The zero-order chi connectivity index (χ0) is 15.7. The maximum absolute atomic E-state index is 10.4. The Morgan fingerprint density at radius 2 is 1.95 bits per heavy atom. The summed E-state index contributed by atoms with van der Waals surface area (Å²) in [5.41, 5.74) is 4.70. The van der Waals surface area contributed by atoms with E-state index in [4.69, 9.17) is 5.26 Å². The van der Waals surface area contributed by atoms with Gasteiger partial charge in [-0.1, -0.05) is 12.1 Å². The van der Waals surface area contributed by atoms with Crippen molar-refractivity contribution in [3.05, 3.63) is 65.0 Å². The molecule has 1 aromatic carbocycles. The number of aromatic nitrogens is 2. The van der Waals surface area contributed by atoms with Gasteiger partial charge >= 0.3 is 0 Å². The molecule has 0 saturated carbocycles. The normalized spacial score (nSPS) is 12.3. The third-order valence-electron chi connectivity index (χ3n) is 4.06. The summed E-state index contributed by atoms with van der Waals surface area (Å²) >= 11 is 0. The van der Waals surface area contributed by atoms with Crippen LogP contribution in [0.4, 0.5) is 0 Å². The van der Waals surface area contributed by atoms with Crippen molar-refractivity contribution >= 4 is 0 Å². The molecule has 2 aliphatic heterocycles. The number of hydrogen-bond donors (Lipinski definition) is 1. The van der Waals surface area contributed by atoms with Crippen LogP contribution in [0.1, 0.15) is 28.5 Å². The van der Waals surface area contributed by atoms with E-state index < -0.39 is 6.10 Å². The van der Waals surface area contributed by atoms with Gasteiger partial charge in [-0.3, -0.25) is 0 Å². The number of nitriles is 1. The van der Waals surface area contributed by atoms with Gasteiger partial charge in [-0.2, -0.15) is 5.26 Å². The smallest absolute Gasteiger partial charge is 0.140 e. The summed E-state index contributed by atoms with van der Waals surface area (Å²) in [6.07, 6.45) is 1.29. The van der Waals surface area contributed by atoms with E-state index in [1.54, 1.807) is 24.3 Å². The molecule has 0 radical (unpaired) electrons. The van der Waals surface area contributed by atoms with Crippen molar-refractivity contribution in [2.45, 2.75) is 26.5 Å². The first-order valence-electron chi connectivity index (χ1n) is 7.20. The molecule has 1 N–H and O–H groups in total. The second-order valence-electron chi connectivity index (χ2n) is 5.47. The third-order valence-corrected chi connectivity index (χ3v) is 4.06. The molecule has 110 valence electrons. The highest BCUT2D eigenvalue weighted by molar-refractivity contribution is 5.64. The Hall–Kier alpha value is -2.64. The van der Waals surface area contributed by atoms with Crippen molar-refractivity contribution in [1.29, 1.82) is 5.26 Å². The molecular weight excluding hydrogens is 274 g/mol. The molecule has 1 unspecified atom stereocenters. The minimum atomic E-state index is -0.638. The number of nitrogens with zero attached hydrogens (tertiary/aromatic N) is 3. The quantitative estimate of drug-likeness (QED) is 0.806. The van der Waals surface area contributed by atoms with Crippen molar-refractivity contribution in [3.63, 3.8) is 0 Å². The van der Waals surface area contributed by atoms with Gasteiger partial charge in [0, 0.05) is 17.5 Å². The minimum Gasteiger partial charge on any atom is -0.387 e. The minimum absolute atomic E-state index is 0.430. The lowest BCUT2D eigenvalue weighted by Crippen LogP contribution is -2.11. The molecule has 4 heteroatoms. The predicted octanol–water partition coefficient (Wildman–Crippen LogP) is 3.21. The molecule has 4 nitrogen and oxygen atoms in total. The fraction of sp³-hybridized carbons (Fsp3) is 0.222. The maximum atomic E-state index is 10.4. The van der Waals surface area contributed by atoms with E-state index in [0.29, 0.717) is 12.1 Å². The molecule has 3 rings (SSSR count). The number of aliphatic hydroxyl groups excluding tert-OH is 1. The first-order valence-corrected chi connectivity index (χ1v) is 7.20. The highest BCUT2D eigenvalue weighted by Gasteiger charge is 2.17. The summed E-state index contributed by atoms with van der Waals surface area (Å²) in [6, 6.07) is 13.1. The summed E-state index contributed by atoms with van der Waals surface area (Å²) in [6.45, 7) is 4.49. The van der Waals surface area contributed by atoms with Crippen molar-refractivity contribution in [1.82, 2.24) is 9.55 Å². The Balaban J connectivity index is 1.89. The molecule has 22 heavy (non-hydrogen) atoms. The van der Waals surface area contributed by atoms with Crippen LogP contribution in [-0.2, 0) is 6.54 Å². The average molecular weight is 291 g/mol. The molecular formula is C18H17N3O. The van der Waals surface area contributed by atoms with E-state index in [-0.39, 0.29) is 0 Å². The number of pyridine rings is 1. The summed E-state index contributed by atoms with van der Waals surface area (Å²) in [5, 5.41) is 19.3. The van der Waals surface area contributed by atoms with Crippen molar-refractivity contribution in [2.24, 2.45) is 0 Å². The van der Waals surface area contributed by atoms with Gasteiger partial charge < -0.3 is 9.67 Å². The molecule has 0 aromatic heterocycles. The average Bonchev–Trinajstić information content (AvgIpc) is 2.84. The second-order valence-corrected chi connectivity index (χ2v) is 5.47. The van der Waals surface area contributed by atoms with Crippen LogP contribution in [0, 0.1) is 25.2 Å². The van der Waals surface area contributed by atoms with Crippen LogP contribution in [0.3, 0.4) is 0 Å². The lowest BCUT2D eigenvalue weighted by atomic mass is 10.1. The van der Waals surface area contributed by atoms with Crippen molar-refractivity contribution < 1.29 is 5.11 Å². The topological polar surface area (TPSA) is 61.8 Å². The summed E-state index contributed by atoms with van der Waals surface area (Å²) < 4.78 is 1.97. The Kier molecular flexibility index (Phi) is 3.66. The molecule has 0 aliphatic carbocycles. The lowest BCUT2D eigenvalue weighted by Gasteiger charge is -2.16. The van der Waals surface area contributed by atoms with Gasteiger partial charge in [-0.15, -0.1) is 0 Å². The lowest BCUT2D eigenvalue weighted by molar-refractivity contribution is 0.156. The molecule has 1 aromatic rings. The van der Waals surface area contributed by atoms with E-state index in [1.807, 2.05) is 23.8 Å². The van der Waals surface area contributed by atoms with Crippen LogP contribution in [0.2, 0.25) is 0 Å². The number of aliphatic hydroxyl groups is 1. The summed E-state index contributed by atoms with van der Waals surface area (Å²) in [4.78, 5) is 4.60. The van der Waals surface area contributed by atoms with Gasteiger partial charge in [0.1, 0.15) is 5.82 Å². The second kappa shape index (κ2) is 5.63. The van der Waals surface area contributed by atoms with Crippen LogP contribution in [-0.4, -0.2) is 14.7 Å². The molecule has 0 saturated heterocycles. The Labute approximate surface area is 129 Å². The van der Waals surface area contributed by atoms with E-state index in [2.05, 4.69) is 24.0 Å². The monoisotopic (exact) mass is 291 g/mol. The number of aryl methyl sites for hydroxylation is 1. The van der Waals surface area contributed by atoms with Gasteiger partial charge in [-0.25, -0.2) is 4.98 Å². The maximum Gasteiger partial charge on any atom is 0.140 e. The predicted molar refractivity (Wildman–Crippen MR) is 84.4 cm³/mol. The third kappa shape index (κ3) is 2.47. The molecule has 0 bridgehead atoms. The van der Waals surface area contributed by atoms with Crippen LogP contribution < -0.4 is 0 Å². The number of fused-ring (bicyclic) bond motifs is 1. The fourth-order valence-electron chi connectivity index (χ4n) is 2.62. The fourth-order valence-corrected chi connectivity index (χ4v) is 2.62. The van der Waals surface area contributed by atoms with Crippen LogP contribution in [0.15, 0.2) is 42.6 Å². The van der Waals surface area contributed by atoms with Gasteiger partial charge in [-0.05, 0) is 49.2 Å². The van der Waals surface area contributed by atoms with Crippen LogP contribution >= 0.6 is 0 Å². The van der Waals surface area contributed by atoms with Gasteiger partial charge in [0.2, 0.25) is 0 Å². The zero-order valence-electron chi connectivity index (χ0n) is 12.6. The Bertz CT molecular complexity index is 812. The van der Waals surface area contributed by atoms with E-state index in [0.717, 1.165) is 22.6 Å². The van der Waals surface area contributed by atoms with Crippen LogP contribution in [0.25, 0.3) is 11.4 Å². The molecule has 0 amide bonds. The highest BCUT2D eigenvalue weighted by atomic mass is 16.3. The highest BCUT2D eigenvalue weighted by Crippen LogP contribution is 2.28. The zero-order valence-corrected chi connectivity index (χ0v) is 12.6. The molecule has 1 atom stereocenters. The largest absolute Gasteiger partial charge is 0.387 e. The van der Waals surface area contributed by atoms with E-state index >= 15 is 0 Å².